The van der Waals surface area contributed by atoms with Crippen molar-refractivity contribution in [2.45, 2.75) is 6.92 Å². The van der Waals surface area contributed by atoms with Crippen LogP contribution in [0.3, 0.4) is 0 Å². The molecule has 1 aromatic rings. The first-order valence-corrected chi connectivity index (χ1v) is 4.93. The summed E-state index contributed by atoms with van der Waals surface area (Å²) < 4.78 is 1.01. The van der Waals surface area contributed by atoms with Crippen molar-refractivity contribution in [1.29, 1.82) is 0 Å². The third kappa shape index (κ3) is 2.71. The second kappa shape index (κ2) is 4.97. The molecule has 0 aliphatic carbocycles. The molecule has 0 atom stereocenters. The average molecular weight is 257 g/mol. The lowest BCUT2D eigenvalue weighted by atomic mass is 10.2. The maximum Gasteiger partial charge on any atom is 0.209 e. The zero-order valence-corrected chi connectivity index (χ0v) is 9.72. The van der Waals surface area contributed by atoms with Gasteiger partial charge >= 0.3 is 0 Å². The van der Waals surface area contributed by atoms with Crippen LogP contribution >= 0.6 is 15.9 Å². The first-order chi connectivity index (χ1) is 6.67. The maximum atomic E-state index is 5.26. The highest BCUT2D eigenvalue weighted by atomic mass is 79.9. The van der Waals surface area contributed by atoms with Crippen LogP contribution in [0.25, 0.3) is 0 Å². The van der Waals surface area contributed by atoms with Crippen LogP contribution in [0, 0.1) is 6.92 Å². The summed E-state index contributed by atoms with van der Waals surface area (Å²) in [5.74, 6) is 5.80. The smallest absolute Gasteiger partial charge is 0.209 e. The largest absolute Gasteiger partial charge is 0.325 e. The number of nitrogens with one attached hydrogen (secondary N) is 2. The van der Waals surface area contributed by atoms with Crippen LogP contribution in [0.1, 0.15) is 5.56 Å². The van der Waals surface area contributed by atoms with Gasteiger partial charge in [-0.3, -0.25) is 10.4 Å². The van der Waals surface area contributed by atoms with E-state index in [2.05, 4.69) is 31.7 Å². The Balaban J connectivity index is 2.90. The Hall–Kier alpha value is -1.07. The number of hydrazine groups is 1. The van der Waals surface area contributed by atoms with Gasteiger partial charge in [-0.05, 0) is 24.6 Å². The fraction of sp³-hybridized carbons (Fsp3) is 0.222. The summed E-state index contributed by atoms with van der Waals surface area (Å²) in [6, 6.07) is 5.97. The molecule has 5 heteroatoms. The van der Waals surface area contributed by atoms with E-state index >= 15 is 0 Å². The van der Waals surface area contributed by atoms with Crippen LogP contribution in [0.5, 0.6) is 0 Å². The molecule has 1 rings (SSSR count). The molecular formula is C9H13BrN4. The molecule has 0 heterocycles. The average Bonchev–Trinajstić information content (AvgIpc) is 2.19. The lowest BCUT2D eigenvalue weighted by Crippen LogP contribution is -2.36. The molecule has 0 aliphatic rings. The van der Waals surface area contributed by atoms with Crippen molar-refractivity contribution >= 4 is 27.6 Å². The van der Waals surface area contributed by atoms with E-state index in [0.717, 1.165) is 15.7 Å². The number of hydrogen-bond acceptors (Lipinski definition) is 2. The van der Waals surface area contributed by atoms with Gasteiger partial charge in [-0.25, -0.2) is 5.84 Å². The second-order valence-corrected chi connectivity index (χ2v) is 3.72. The number of nitrogens with zero attached hydrogens (tertiary/aromatic N) is 1. The fourth-order valence-corrected chi connectivity index (χ4v) is 1.37. The van der Waals surface area contributed by atoms with Gasteiger partial charge in [0.25, 0.3) is 0 Å². The molecule has 0 aliphatic heterocycles. The van der Waals surface area contributed by atoms with Crippen molar-refractivity contribution in [3.63, 3.8) is 0 Å². The van der Waals surface area contributed by atoms with E-state index in [4.69, 9.17) is 5.84 Å². The Morgan fingerprint density at radius 2 is 2.21 bits per heavy atom. The number of hydrogen-bond donors (Lipinski definition) is 3. The zero-order chi connectivity index (χ0) is 10.6. The van der Waals surface area contributed by atoms with Gasteiger partial charge in [0.15, 0.2) is 0 Å². The minimum atomic E-state index is 0.534. The zero-order valence-electron chi connectivity index (χ0n) is 8.13. The Morgan fingerprint density at radius 1 is 1.50 bits per heavy atom. The standard InChI is InChI=1S/C9H13BrN4/c1-6-3-4-7(10)5-8(6)13-9(12-2)14-11/h3-5H,11H2,1-2H3,(H2,12,13,14). The van der Waals surface area contributed by atoms with E-state index in [9.17, 15) is 0 Å². The molecule has 0 bridgehead atoms. The number of aryl methyl sites for hydroxylation is 1. The number of guanidine groups is 1. The first kappa shape index (κ1) is 11.0. The molecule has 4 nitrogen and oxygen atoms in total. The summed E-state index contributed by atoms with van der Waals surface area (Å²) in [6.45, 7) is 2.01. The van der Waals surface area contributed by atoms with Gasteiger partial charge in [-0.15, -0.1) is 0 Å². The van der Waals surface area contributed by atoms with Crippen molar-refractivity contribution in [2.24, 2.45) is 10.8 Å². The highest BCUT2D eigenvalue weighted by Gasteiger charge is 2.00. The molecule has 0 amide bonds. The minimum Gasteiger partial charge on any atom is -0.325 e. The van der Waals surface area contributed by atoms with Crippen LogP contribution in [-0.2, 0) is 0 Å². The number of aliphatic imine (C=N–C) groups is 1. The van der Waals surface area contributed by atoms with Crippen LogP contribution in [0.15, 0.2) is 27.7 Å². The first-order valence-electron chi connectivity index (χ1n) is 4.14. The van der Waals surface area contributed by atoms with E-state index < -0.39 is 0 Å². The summed E-state index contributed by atoms with van der Waals surface area (Å²) in [7, 11) is 1.66. The number of halogens is 1. The van der Waals surface area contributed by atoms with Gasteiger partial charge < -0.3 is 5.32 Å². The number of nitrogens with two attached hydrogens (primary N) is 1. The highest BCUT2D eigenvalue weighted by Crippen LogP contribution is 2.20. The van der Waals surface area contributed by atoms with Gasteiger partial charge in [0, 0.05) is 17.2 Å². The molecule has 1 aromatic carbocycles. The van der Waals surface area contributed by atoms with Gasteiger partial charge in [0.2, 0.25) is 5.96 Å². The van der Waals surface area contributed by atoms with Crippen LogP contribution in [-0.4, -0.2) is 13.0 Å². The van der Waals surface area contributed by atoms with E-state index in [0.29, 0.717) is 5.96 Å². The molecule has 0 spiro atoms. The second-order valence-electron chi connectivity index (χ2n) is 2.80. The monoisotopic (exact) mass is 256 g/mol. The van der Waals surface area contributed by atoms with Gasteiger partial charge in [-0.2, -0.15) is 0 Å². The van der Waals surface area contributed by atoms with Gasteiger partial charge in [0.05, 0.1) is 0 Å². The molecule has 4 N–H and O–H groups in total. The molecular weight excluding hydrogens is 244 g/mol. The van der Waals surface area contributed by atoms with Crippen molar-refractivity contribution in [3.05, 3.63) is 28.2 Å². The van der Waals surface area contributed by atoms with Crippen LogP contribution in [0.2, 0.25) is 0 Å². The number of benzene rings is 1. The normalized spacial score (nSPS) is 11.3. The predicted molar refractivity (Wildman–Crippen MR) is 63.2 cm³/mol. The molecule has 14 heavy (non-hydrogen) atoms. The highest BCUT2D eigenvalue weighted by molar-refractivity contribution is 9.10. The van der Waals surface area contributed by atoms with Crippen molar-refractivity contribution < 1.29 is 0 Å². The minimum absolute atomic E-state index is 0.534. The molecule has 0 aromatic heterocycles. The number of anilines is 1. The van der Waals surface area contributed by atoms with E-state index in [1.807, 2.05) is 25.1 Å². The third-order valence-corrected chi connectivity index (χ3v) is 2.31. The van der Waals surface area contributed by atoms with Crippen molar-refractivity contribution in [1.82, 2.24) is 5.43 Å². The summed E-state index contributed by atoms with van der Waals surface area (Å²) in [5, 5.41) is 3.07. The molecule has 0 radical (unpaired) electrons. The Kier molecular flexibility index (Phi) is 3.91. The quantitative estimate of drug-likeness (QED) is 0.310. The lowest BCUT2D eigenvalue weighted by molar-refractivity contribution is 1.01. The lowest BCUT2D eigenvalue weighted by Gasteiger charge is -2.10. The predicted octanol–water partition coefficient (Wildman–Crippen LogP) is 1.62. The SMILES string of the molecule is CN=C(NN)Nc1cc(Br)ccc1C. The summed E-state index contributed by atoms with van der Waals surface area (Å²) in [6.07, 6.45) is 0. The summed E-state index contributed by atoms with van der Waals surface area (Å²) >= 11 is 3.40. The molecule has 0 fully saturated rings. The fourth-order valence-electron chi connectivity index (χ4n) is 1.01. The topological polar surface area (TPSA) is 62.4 Å². The third-order valence-electron chi connectivity index (χ3n) is 1.81. The van der Waals surface area contributed by atoms with Crippen LogP contribution in [0.4, 0.5) is 5.69 Å². The maximum absolute atomic E-state index is 5.26. The Morgan fingerprint density at radius 3 is 2.79 bits per heavy atom. The molecule has 76 valence electrons. The van der Waals surface area contributed by atoms with E-state index in [1.54, 1.807) is 7.05 Å². The Labute approximate surface area is 91.7 Å². The molecule has 0 saturated heterocycles. The summed E-state index contributed by atoms with van der Waals surface area (Å²) in [5.41, 5.74) is 4.57. The number of rotatable bonds is 1. The molecule has 0 saturated carbocycles. The Bertz CT molecular complexity index is 349. The summed E-state index contributed by atoms with van der Waals surface area (Å²) in [4.78, 5) is 3.93. The van der Waals surface area contributed by atoms with E-state index in [-0.39, 0.29) is 0 Å². The van der Waals surface area contributed by atoms with Crippen molar-refractivity contribution in [3.8, 4) is 0 Å². The molecule has 0 unspecified atom stereocenters. The van der Waals surface area contributed by atoms with Crippen LogP contribution < -0.4 is 16.6 Å². The van der Waals surface area contributed by atoms with Crippen molar-refractivity contribution in [2.75, 3.05) is 12.4 Å². The van der Waals surface area contributed by atoms with Gasteiger partial charge in [-0.1, -0.05) is 22.0 Å². The van der Waals surface area contributed by atoms with Gasteiger partial charge in [0.1, 0.15) is 0 Å². The van der Waals surface area contributed by atoms with E-state index in [1.165, 1.54) is 0 Å².